The minimum atomic E-state index is -0.972. The first-order valence-electron chi connectivity index (χ1n) is 7.84. The number of aromatic nitrogens is 2. The molecule has 0 aliphatic carbocycles. The molecule has 24 heavy (non-hydrogen) atoms. The molecule has 0 aliphatic heterocycles. The van der Waals surface area contributed by atoms with Gasteiger partial charge in [0.05, 0.1) is 5.92 Å². The van der Waals surface area contributed by atoms with Gasteiger partial charge in [0.2, 0.25) is 11.8 Å². The fraction of sp³-hybridized carbons (Fsp3) is 0.412. The highest BCUT2D eigenvalue weighted by atomic mass is 16.5. The maximum absolute atomic E-state index is 11.9. The van der Waals surface area contributed by atoms with E-state index in [9.17, 15) is 14.7 Å². The standard InChI is InChI=1S/C17H21N3O4/c1-11(2)16-19-15(24-20-16)9-8-14(21)18-10-13(17(22)23)12-6-4-3-5-7-12/h3-7,11,13H,8-10H2,1-2H3,(H,18,21)(H,22,23). The molecule has 7 nitrogen and oxygen atoms in total. The first-order chi connectivity index (χ1) is 11.5. The van der Waals surface area contributed by atoms with Crippen LogP contribution in [0.2, 0.25) is 0 Å². The summed E-state index contributed by atoms with van der Waals surface area (Å²) in [5.74, 6) is -0.807. The quantitative estimate of drug-likeness (QED) is 0.767. The summed E-state index contributed by atoms with van der Waals surface area (Å²) < 4.78 is 5.07. The molecule has 2 aromatic rings. The van der Waals surface area contributed by atoms with Crippen molar-refractivity contribution < 1.29 is 19.2 Å². The molecule has 7 heteroatoms. The average Bonchev–Trinajstić information content (AvgIpc) is 3.03. The zero-order chi connectivity index (χ0) is 17.5. The molecule has 0 radical (unpaired) electrons. The number of rotatable bonds is 8. The van der Waals surface area contributed by atoms with Crippen LogP contribution >= 0.6 is 0 Å². The van der Waals surface area contributed by atoms with Crippen molar-refractivity contribution in [1.29, 1.82) is 0 Å². The topological polar surface area (TPSA) is 105 Å². The van der Waals surface area contributed by atoms with E-state index in [0.29, 0.717) is 23.7 Å². The van der Waals surface area contributed by atoms with Crippen LogP contribution in [0, 0.1) is 0 Å². The van der Waals surface area contributed by atoms with Crippen LogP contribution in [0.5, 0.6) is 0 Å². The van der Waals surface area contributed by atoms with Gasteiger partial charge >= 0.3 is 5.97 Å². The number of nitrogens with zero attached hydrogens (tertiary/aromatic N) is 2. The zero-order valence-electron chi connectivity index (χ0n) is 13.7. The predicted molar refractivity (Wildman–Crippen MR) is 86.5 cm³/mol. The monoisotopic (exact) mass is 331 g/mol. The van der Waals surface area contributed by atoms with Gasteiger partial charge in [0.1, 0.15) is 0 Å². The lowest BCUT2D eigenvalue weighted by Gasteiger charge is -2.13. The Morgan fingerprint density at radius 3 is 2.54 bits per heavy atom. The molecule has 1 atom stereocenters. The number of amides is 1. The van der Waals surface area contributed by atoms with E-state index in [4.69, 9.17) is 4.52 Å². The van der Waals surface area contributed by atoms with Gasteiger partial charge < -0.3 is 14.9 Å². The fourth-order valence-electron chi connectivity index (χ4n) is 2.16. The molecular weight excluding hydrogens is 310 g/mol. The van der Waals surface area contributed by atoms with E-state index in [0.717, 1.165) is 0 Å². The summed E-state index contributed by atoms with van der Waals surface area (Å²) in [6, 6.07) is 8.83. The third kappa shape index (κ3) is 4.91. The second-order valence-electron chi connectivity index (χ2n) is 5.81. The number of hydrogen-bond acceptors (Lipinski definition) is 5. The summed E-state index contributed by atoms with van der Waals surface area (Å²) in [4.78, 5) is 27.5. The van der Waals surface area contributed by atoms with Crippen LogP contribution in [-0.4, -0.2) is 33.7 Å². The van der Waals surface area contributed by atoms with Gasteiger partial charge in [-0.15, -0.1) is 0 Å². The van der Waals surface area contributed by atoms with E-state index >= 15 is 0 Å². The Morgan fingerprint density at radius 1 is 1.25 bits per heavy atom. The molecule has 2 N–H and O–H groups in total. The van der Waals surface area contributed by atoms with Gasteiger partial charge in [-0.1, -0.05) is 49.3 Å². The summed E-state index contributed by atoms with van der Waals surface area (Å²) in [7, 11) is 0. The molecule has 0 bridgehead atoms. The molecule has 0 fully saturated rings. The molecule has 1 unspecified atom stereocenters. The highest BCUT2D eigenvalue weighted by Gasteiger charge is 2.20. The minimum Gasteiger partial charge on any atom is -0.481 e. The summed E-state index contributed by atoms with van der Waals surface area (Å²) in [6.07, 6.45) is 0.496. The highest BCUT2D eigenvalue weighted by molar-refractivity contribution is 5.79. The van der Waals surface area contributed by atoms with Crippen LogP contribution in [0.4, 0.5) is 0 Å². The van der Waals surface area contributed by atoms with Gasteiger partial charge in [0.25, 0.3) is 0 Å². The van der Waals surface area contributed by atoms with E-state index in [1.54, 1.807) is 24.3 Å². The van der Waals surface area contributed by atoms with Crippen molar-refractivity contribution in [2.24, 2.45) is 0 Å². The van der Waals surface area contributed by atoms with Gasteiger partial charge in [-0.25, -0.2) is 0 Å². The van der Waals surface area contributed by atoms with Crippen molar-refractivity contribution in [1.82, 2.24) is 15.5 Å². The SMILES string of the molecule is CC(C)c1noc(CCC(=O)NCC(C(=O)O)c2ccccc2)n1. The number of hydrogen-bond donors (Lipinski definition) is 2. The van der Waals surface area contributed by atoms with E-state index in [-0.39, 0.29) is 24.8 Å². The van der Waals surface area contributed by atoms with Crippen molar-refractivity contribution in [3.8, 4) is 0 Å². The normalized spacial score (nSPS) is 12.1. The maximum Gasteiger partial charge on any atom is 0.312 e. The summed E-state index contributed by atoms with van der Waals surface area (Å²) in [6.45, 7) is 3.95. The number of carbonyl (C=O) groups is 2. The number of carbonyl (C=O) groups excluding carboxylic acids is 1. The lowest BCUT2D eigenvalue weighted by Crippen LogP contribution is -2.31. The Labute approximate surface area is 140 Å². The van der Waals surface area contributed by atoms with E-state index in [1.807, 2.05) is 19.9 Å². The van der Waals surface area contributed by atoms with Crippen LogP contribution in [0.1, 0.15) is 49.4 Å². The summed E-state index contributed by atoms with van der Waals surface area (Å²) in [5, 5.41) is 15.8. The van der Waals surface area contributed by atoms with Crippen LogP contribution < -0.4 is 5.32 Å². The molecule has 2 rings (SSSR count). The molecule has 0 aliphatic rings. The van der Waals surface area contributed by atoms with Crippen molar-refractivity contribution in [2.45, 2.75) is 38.5 Å². The number of aliphatic carboxylic acids is 1. The molecule has 0 spiro atoms. The molecule has 0 saturated carbocycles. The number of benzene rings is 1. The number of aryl methyl sites for hydroxylation is 1. The Kier molecular flexibility index (Phi) is 6.06. The molecule has 1 heterocycles. The van der Waals surface area contributed by atoms with E-state index < -0.39 is 11.9 Å². The number of carboxylic acids is 1. The minimum absolute atomic E-state index is 0.0409. The third-order valence-electron chi connectivity index (χ3n) is 3.57. The maximum atomic E-state index is 11.9. The van der Waals surface area contributed by atoms with Gasteiger partial charge in [0.15, 0.2) is 5.82 Å². The molecule has 128 valence electrons. The van der Waals surface area contributed by atoms with Crippen LogP contribution in [-0.2, 0) is 16.0 Å². The van der Waals surface area contributed by atoms with Gasteiger partial charge in [0, 0.05) is 25.3 Å². The number of carboxylic acid groups (broad SMARTS) is 1. The lowest BCUT2D eigenvalue weighted by molar-refractivity contribution is -0.138. The van der Waals surface area contributed by atoms with Gasteiger partial charge in [-0.2, -0.15) is 4.98 Å². The van der Waals surface area contributed by atoms with Crippen molar-refractivity contribution in [3.63, 3.8) is 0 Å². The first-order valence-corrected chi connectivity index (χ1v) is 7.84. The third-order valence-corrected chi connectivity index (χ3v) is 3.57. The van der Waals surface area contributed by atoms with E-state index in [1.165, 1.54) is 0 Å². The van der Waals surface area contributed by atoms with Crippen LogP contribution in [0.25, 0.3) is 0 Å². The van der Waals surface area contributed by atoms with Crippen molar-refractivity contribution in [3.05, 3.63) is 47.6 Å². The van der Waals surface area contributed by atoms with Crippen molar-refractivity contribution >= 4 is 11.9 Å². The largest absolute Gasteiger partial charge is 0.481 e. The fourth-order valence-corrected chi connectivity index (χ4v) is 2.16. The van der Waals surface area contributed by atoms with Crippen molar-refractivity contribution in [2.75, 3.05) is 6.54 Å². The Bertz CT molecular complexity index is 682. The Morgan fingerprint density at radius 2 is 1.96 bits per heavy atom. The van der Waals surface area contributed by atoms with Gasteiger partial charge in [-0.05, 0) is 5.56 Å². The molecule has 1 aromatic heterocycles. The predicted octanol–water partition coefficient (Wildman–Crippen LogP) is 2.11. The average molecular weight is 331 g/mol. The Balaban J connectivity index is 1.84. The van der Waals surface area contributed by atoms with Gasteiger partial charge in [-0.3, -0.25) is 9.59 Å². The molecule has 1 aromatic carbocycles. The smallest absolute Gasteiger partial charge is 0.312 e. The molecular formula is C17H21N3O4. The van der Waals surface area contributed by atoms with E-state index in [2.05, 4.69) is 15.5 Å². The first kappa shape index (κ1) is 17.7. The second kappa shape index (κ2) is 8.24. The second-order valence-corrected chi connectivity index (χ2v) is 5.81. The highest BCUT2D eigenvalue weighted by Crippen LogP contribution is 2.15. The Hall–Kier alpha value is -2.70. The van der Waals surface area contributed by atoms with Crippen LogP contribution in [0.3, 0.4) is 0 Å². The molecule has 0 saturated heterocycles. The summed E-state index contributed by atoms with van der Waals surface area (Å²) >= 11 is 0. The lowest BCUT2D eigenvalue weighted by atomic mass is 9.99. The molecule has 1 amide bonds. The summed E-state index contributed by atoms with van der Waals surface area (Å²) in [5.41, 5.74) is 0.656. The van der Waals surface area contributed by atoms with Crippen LogP contribution in [0.15, 0.2) is 34.9 Å². The zero-order valence-corrected chi connectivity index (χ0v) is 13.7. The number of nitrogens with one attached hydrogen (secondary N) is 1.